The van der Waals surface area contributed by atoms with Gasteiger partial charge in [0.2, 0.25) is 0 Å². The van der Waals surface area contributed by atoms with E-state index in [1.807, 2.05) is 13.0 Å². The third kappa shape index (κ3) is 7.14. The molecule has 0 saturated carbocycles. The number of anilines is 1. The summed E-state index contributed by atoms with van der Waals surface area (Å²) in [5, 5.41) is 12.3. The number of hydrogen-bond donors (Lipinski definition) is 2. The molecule has 0 aromatic heterocycles. The molecule has 1 aromatic rings. The van der Waals surface area contributed by atoms with Gasteiger partial charge in [-0.1, -0.05) is 6.07 Å². The Labute approximate surface area is 135 Å². The van der Waals surface area contributed by atoms with Crippen molar-refractivity contribution in [2.75, 3.05) is 24.7 Å². The first-order valence-electron chi connectivity index (χ1n) is 5.32. The van der Waals surface area contributed by atoms with Crippen LogP contribution in [-0.4, -0.2) is 43.6 Å². The van der Waals surface area contributed by atoms with Crippen LogP contribution in [-0.2, 0) is 10.1 Å². The molecule has 0 heterocycles. The van der Waals surface area contributed by atoms with Gasteiger partial charge < -0.3 is 19.7 Å². The summed E-state index contributed by atoms with van der Waals surface area (Å²) in [6, 6.07) is 5.35. The molecule has 0 aliphatic carbocycles. The summed E-state index contributed by atoms with van der Waals surface area (Å²) < 4.78 is 36.4. The molecule has 8 heteroatoms. The maximum absolute atomic E-state index is 10.5. The number of methoxy groups -OCH3 is 1. The van der Waals surface area contributed by atoms with Gasteiger partial charge in [-0.05, 0) is 18.6 Å². The largest absolute Gasteiger partial charge is 1.00 e. The van der Waals surface area contributed by atoms with Crippen LogP contribution in [0.1, 0.15) is 5.56 Å². The molecule has 0 saturated heterocycles. The molecule has 1 aromatic carbocycles. The van der Waals surface area contributed by atoms with Crippen molar-refractivity contribution in [3.8, 4) is 5.75 Å². The average molecular weight is 297 g/mol. The summed E-state index contributed by atoms with van der Waals surface area (Å²) >= 11 is 0. The topological polar surface area (TPSA) is 98.7 Å². The van der Waals surface area contributed by atoms with Crippen LogP contribution in [0.5, 0.6) is 5.75 Å². The van der Waals surface area contributed by atoms with Crippen LogP contribution in [0.25, 0.3) is 0 Å². The van der Waals surface area contributed by atoms with Crippen molar-refractivity contribution in [1.29, 1.82) is 0 Å². The van der Waals surface area contributed by atoms with E-state index in [1.54, 1.807) is 12.1 Å². The van der Waals surface area contributed by atoms with Crippen molar-refractivity contribution in [2.45, 2.75) is 13.0 Å². The summed E-state index contributed by atoms with van der Waals surface area (Å²) in [7, 11) is -2.88. The van der Waals surface area contributed by atoms with E-state index in [1.165, 1.54) is 7.11 Å². The molecule has 19 heavy (non-hydrogen) atoms. The maximum atomic E-state index is 10.5. The number of aliphatic hydroxyl groups excluding tert-OH is 1. The molecule has 102 valence electrons. The quantitative estimate of drug-likeness (QED) is 0.439. The Kier molecular flexibility index (Phi) is 7.95. The third-order valence-electron chi connectivity index (χ3n) is 2.37. The van der Waals surface area contributed by atoms with Crippen molar-refractivity contribution in [1.82, 2.24) is 0 Å². The minimum atomic E-state index is -4.42. The van der Waals surface area contributed by atoms with Crippen molar-refractivity contribution in [3.05, 3.63) is 23.8 Å². The van der Waals surface area contributed by atoms with Crippen molar-refractivity contribution in [2.24, 2.45) is 0 Å². The first-order chi connectivity index (χ1) is 8.31. The normalized spacial score (nSPS) is 12.4. The van der Waals surface area contributed by atoms with Gasteiger partial charge in [0.05, 0.1) is 29.1 Å². The van der Waals surface area contributed by atoms with Gasteiger partial charge in [0.25, 0.3) is 0 Å². The van der Waals surface area contributed by atoms with Gasteiger partial charge in [-0.3, -0.25) is 0 Å². The SMILES string of the molecule is COc1ccc(C)c(NCC(O)CS(=O)(=O)[O-])c1.[Na+]. The second-order valence-corrected chi connectivity index (χ2v) is 5.39. The van der Waals surface area contributed by atoms with E-state index in [4.69, 9.17) is 4.74 Å². The van der Waals surface area contributed by atoms with E-state index in [2.05, 4.69) is 5.32 Å². The molecule has 0 bridgehead atoms. The minimum absolute atomic E-state index is 0. The molecular formula is C11H16NNaO5S. The Hall–Kier alpha value is -0.310. The Morgan fingerprint density at radius 1 is 1.47 bits per heavy atom. The molecule has 1 unspecified atom stereocenters. The molecule has 0 aliphatic heterocycles. The molecule has 0 aliphatic rings. The van der Waals surface area contributed by atoms with E-state index in [9.17, 15) is 18.1 Å². The number of aryl methyl sites for hydroxylation is 1. The van der Waals surface area contributed by atoms with Crippen LogP contribution in [0.4, 0.5) is 5.69 Å². The zero-order valence-corrected chi connectivity index (χ0v) is 14.0. The Morgan fingerprint density at radius 3 is 2.63 bits per heavy atom. The number of nitrogens with one attached hydrogen (secondary N) is 1. The molecule has 1 atom stereocenters. The van der Waals surface area contributed by atoms with Crippen LogP contribution in [0, 0.1) is 6.92 Å². The van der Waals surface area contributed by atoms with Gasteiger partial charge in [0.15, 0.2) is 0 Å². The number of aliphatic hydroxyl groups is 1. The fraction of sp³-hybridized carbons (Fsp3) is 0.455. The Balaban J connectivity index is 0.00000324. The van der Waals surface area contributed by atoms with Crippen LogP contribution < -0.4 is 39.6 Å². The molecule has 6 nitrogen and oxygen atoms in total. The van der Waals surface area contributed by atoms with Crippen molar-refractivity contribution in [3.63, 3.8) is 0 Å². The predicted octanol–water partition coefficient (Wildman–Crippen LogP) is -2.67. The number of benzene rings is 1. The van der Waals surface area contributed by atoms with Gasteiger partial charge in [0, 0.05) is 18.3 Å². The number of hydrogen-bond acceptors (Lipinski definition) is 6. The molecule has 0 amide bonds. The van der Waals surface area contributed by atoms with E-state index >= 15 is 0 Å². The molecule has 0 radical (unpaired) electrons. The summed E-state index contributed by atoms with van der Waals surface area (Å²) in [5.74, 6) is -0.155. The first-order valence-corrected chi connectivity index (χ1v) is 6.89. The second kappa shape index (κ2) is 8.08. The Morgan fingerprint density at radius 2 is 2.11 bits per heavy atom. The van der Waals surface area contributed by atoms with E-state index in [0.29, 0.717) is 5.75 Å². The Bertz CT molecular complexity index is 506. The van der Waals surface area contributed by atoms with Crippen LogP contribution in [0.2, 0.25) is 0 Å². The smallest absolute Gasteiger partial charge is 0.748 e. The molecule has 1 rings (SSSR count). The zero-order valence-electron chi connectivity index (χ0n) is 11.2. The van der Waals surface area contributed by atoms with E-state index in [-0.39, 0.29) is 36.1 Å². The number of rotatable bonds is 6. The average Bonchev–Trinajstić information content (AvgIpc) is 2.25. The minimum Gasteiger partial charge on any atom is -0.748 e. The summed E-state index contributed by atoms with van der Waals surface area (Å²) in [5.41, 5.74) is 1.64. The van der Waals surface area contributed by atoms with Gasteiger partial charge >= 0.3 is 29.6 Å². The predicted molar refractivity (Wildman–Crippen MR) is 66.8 cm³/mol. The zero-order chi connectivity index (χ0) is 13.8. The first kappa shape index (κ1) is 18.7. The van der Waals surface area contributed by atoms with Crippen LogP contribution >= 0.6 is 0 Å². The van der Waals surface area contributed by atoms with Gasteiger partial charge in [-0.2, -0.15) is 0 Å². The molecule has 2 N–H and O–H groups in total. The third-order valence-corrected chi connectivity index (χ3v) is 3.16. The van der Waals surface area contributed by atoms with Crippen LogP contribution in [0.15, 0.2) is 18.2 Å². The summed E-state index contributed by atoms with van der Waals surface area (Å²) in [6.07, 6.45) is -1.24. The van der Waals surface area contributed by atoms with Gasteiger partial charge in [-0.15, -0.1) is 0 Å². The fourth-order valence-electron chi connectivity index (χ4n) is 1.44. The van der Waals surface area contributed by atoms with Gasteiger partial charge in [-0.25, -0.2) is 8.42 Å². The van der Waals surface area contributed by atoms with Crippen molar-refractivity contribution < 1.29 is 52.4 Å². The standard InChI is InChI=1S/C11H17NO5S.Na/c1-8-3-4-10(17-2)5-11(8)12-6-9(13)7-18(14,15)16;/h3-5,9,12-13H,6-7H2,1-2H3,(H,14,15,16);/q;+1/p-1. The summed E-state index contributed by atoms with van der Waals surface area (Å²) in [6.45, 7) is 1.84. The number of ether oxygens (including phenoxy) is 1. The van der Waals surface area contributed by atoms with Crippen molar-refractivity contribution >= 4 is 15.8 Å². The van der Waals surface area contributed by atoms with E-state index in [0.717, 1.165) is 11.3 Å². The molecule has 0 spiro atoms. The monoisotopic (exact) mass is 297 g/mol. The fourth-order valence-corrected chi connectivity index (χ4v) is 2.03. The molecule has 0 fully saturated rings. The summed E-state index contributed by atoms with van der Waals surface area (Å²) in [4.78, 5) is 0. The van der Waals surface area contributed by atoms with Gasteiger partial charge in [0.1, 0.15) is 5.75 Å². The second-order valence-electron chi connectivity index (χ2n) is 3.94. The maximum Gasteiger partial charge on any atom is 1.00 e. The molecular weight excluding hydrogens is 281 g/mol. The van der Waals surface area contributed by atoms with Crippen LogP contribution in [0.3, 0.4) is 0 Å². The van der Waals surface area contributed by atoms with E-state index < -0.39 is 22.0 Å².